The van der Waals surface area contributed by atoms with Crippen LogP contribution in [0.4, 0.5) is 0 Å². The Morgan fingerprint density at radius 3 is 2.75 bits per heavy atom. The second-order valence-electron chi connectivity index (χ2n) is 4.45. The Morgan fingerprint density at radius 1 is 1.62 bits per heavy atom. The van der Waals surface area contributed by atoms with Gasteiger partial charge in [-0.3, -0.25) is 4.79 Å². The fourth-order valence-electron chi connectivity index (χ4n) is 2.09. The standard InChI is InChI=1S/C12H18O4/c1-7(13)3-4-9-10(5-8(2)14)12(16)6-11(9)15/h3-4,7,9-11,13,15H,5-6H2,1-2H3/b4-3+/t7-,9+,10+,11+/m0/s1. The van der Waals surface area contributed by atoms with Crippen LogP contribution in [0.15, 0.2) is 12.2 Å². The molecule has 0 heterocycles. The molecule has 1 saturated carbocycles. The zero-order chi connectivity index (χ0) is 12.3. The van der Waals surface area contributed by atoms with Crippen LogP contribution in [0.25, 0.3) is 0 Å². The lowest BCUT2D eigenvalue weighted by atomic mass is 9.89. The fourth-order valence-corrected chi connectivity index (χ4v) is 2.09. The Hall–Kier alpha value is -1.00. The lowest BCUT2D eigenvalue weighted by Crippen LogP contribution is -2.21. The van der Waals surface area contributed by atoms with Crippen molar-refractivity contribution >= 4 is 11.6 Å². The van der Waals surface area contributed by atoms with Crippen molar-refractivity contribution in [3.8, 4) is 0 Å². The van der Waals surface area contributed by atoms with Crippen LogP contribution in [0.3, 0.4) is 0 Å². The summed E-state index contributed by atoms with van der Waals surface area (Å²) in [5.41, 5.74) is 0. The summed E-state index contributed by atoms with van der Waals surface area (Å²) in [5.74, 6) is -0.890. The van der Waals surface area contributed by atoms with Gasteiger partial charge in [0.2, 0.25) is 0 Å². The first-order chi connectivity index (χ1) is 7.41. The molecule has 0 aromatic carbocycles. The maximum Gasteiger partial charge on any atom is 0.139 e. The number of hydrogen-bond acceptors (Lipinski definition) is 4. The maximum atomic E-state index is 11.6. The third-order valence-electron chi connectivity index (χ3n) is 2.85. The molecule has 4 atom stereocenters. The highest BCUT2D eigenvalue weighted by molar-refractivity contribution is 5.89. The molecule has 1 rings (SSSR count). The average Bonchev–Trinajstić information content (AvgIpc) is 2.38. The summed E-state index contributed by atoms with van der Waals surface area (Å²) in [5, 5.41) is 18.8. The fraction of sp³-hybridized carbons (Fsp3) is 0.667. The Bertz CT molecular complexity index is 306. The first-order valence-electron chi connectivity index (χ1n) is 5.48. The van der Waals surface area contributed by atoms with Gasteiger partial charge in [0, 0.05) is 24.7 Å². The van der Waals surface area contributed by atoms with Crippen LogP contribution in [-0.2, 0) is 9.59 Å². The summed E-state index contributed by atoms with van der Waals surface area (Å²) in [6.45, 7) is 3.03. The van der Waals surface area contributed by atoms with Crippen LogP contribution in [-0.4, -0.2) is 34.0 Å². The molecule has 4 heteroatoms. The van der Waals surface area contributed by atoms with E-state index in [1.165, 1.54) is 6.92 Å². The van der Waals surface area contributed by atoms with Gasteiger partial charge in [-0.15, -0.1) is 0 Å². The van der Waals surface area contributed by atoms with Gasteiger partial charge in [-0.25, -0.2) is 0 Å². The number of aliphatic hydroxyl groups excluding tert-OH is 2. The highest BCUT2D eigenvalue weighted by Gasteiger charge is 2.40. The van der Waals surface area contributed by atoms with Crippen molar-refractivity contribution in [2.45, 2.75) is 38.9 Å². The second-order valence-corrected chi connectivity index (χ2v) is 4.45. The molecule has 0 amide bonds. The van der Waals surface area contributed by atoms with E-state index in [9.17, 15) is 14.7 Å². The molecular weight excluding hydrogens is 208 g/mol. The first kappa shape index (κ1) is 13.1. The summed E-state index contributed by atoms with van der Waals surface area (Å²) in [6.07, 6.45) is 2.12. The Balaban J connectivity index is 2.77. The van der Waals surface area contributed by atoms with Crippen molar-refractivity contribution < 1.29 is 19.8 Å². The number of hydrogen-bond donors (Lipinski definition) is 2. The normalized spacial score (nSPS) is 32.2. The van der Waals surface area contributed by atoms with Gasteiger partial charge in [-0.05, 0) is 13.8 Å². The summed E-state index contributed by atoms with van der Waals surface area (Å²) < 4.78 is 0. The highest BCUT2D eigenvalue weighted by Crippen LogP contribution is 2.33. The van der Waals surface area contributed by atoms with E-state index < -0.39 is 18.1 Å². The lowest BCUT2D eigenvalue weighted by Gasteiger charge is -2.16. The van der Waals surface area contributed by atoms with Gasteiger partial charge in [0.15, 0.2) is 0 Å². The Kier molecular flexibility index (Phi) is 4.38. The zero-order valence-electron chi connectivity index (χ0n) is 9.59. The quantitative estimate of drug-likeness (QED) is 0.683. The zero-order valence-corrected chi connectivity index (χ0v) is 9.59. The van der Waals surface area contributed by atoms with Gasteiger partial charge < -0.3 is 15.0 Å². The van der Waals surface area contributed by atoms with Crippen molar-refractivity contribution in [3.05, 3.63) is 12.2 Å². The molecule has 4 nitrogen and oxygen atoms in total. The van der Waals surface area contributed by atoms with E-state index in [-0.39, 0.29) is 30.3 Å². The highest BCUT2D eigenvalue weighted by atomic mass is 16.3. The number of carbonyl (C=O) groups excluding carboxylic acids is 2. The van der Waals surface area contributed by atoms with E-state index in [1.807, 2.05) is 0 Å². The lowest BCUT2D eigenvalue weighted by molar-refractivity contribution is -0.125. The van der Waals surface area contributed by atoms with Crippen molar-refractivity contribution in [1.82, 2.24) is 0 Å². The molecule has 0 unspecified atom stereocenters. The molecule has 0 aromatic rings. The molecule has 2 N–H and O–H groups in total. The van der Waals surface area contributed by atoms with E-state index >= 15 is 0 Å². The van der Waals surface area contributed by atoms with Crippen molar-refractivity contribution in [3.63, 3.8) is 0 Å². The van der Waals surface area contributed by atoms with Gasteiger partial charge in [-0.2, -0.15) is 0 Å². The number of Topliss-reactive ketones (excluding diaryl/α,β-unsaturated/α-hetero) is 2. The number of rotatable bonds is 4. The van der Waals surface area contributed by atoms with E-state index in [0.717, 1.165) is 0 Å². The third kappa shape index (κ3) is 3.25. The van der Waals surface area contributed by atoms with Crippen LogP contribution < -0.4 is 0 Å². The number of carbonyl (C=O) groups is 2. The summed E-state index contributed by atoms with van der Waals surface area (Å²) in [7, 11) is 0. The van der Waals surface area contributed by atoms with Crippen molar-refractivity contribution in [2.75, 3.05) is 0 Å². The van der Waals surface area contributed by atoms with Gasteiger partial charge >= 0.3 is 0 Å². The second kappa shape index (κ2) is 5.37. The van der Waals surface area contributed by atoms with E-state index in [1.54, 1.807) is 19.1 Å². The SMILES string of the molecule is CC(=O)C[C@H]1C(=O)C[C@@H](O)[C@@H]1/C=C/[C@H](C)O. The molecule has 90 valence electrons. The average molecular weight is 226 g/mol. The smallest absolute Gasteiger partial charge is 0.139 e. The number of aliphatic hydroxyl groups is 2. The summed E-state index contributed by atoms with van der Waals surface area (Å²) >= 11 is 0. The topological polar surface area (TPSA) is 74.6 Å². The van der Waals surface area contributed by atoms with Crippen LogP contribution >= 0.6 is 0 Å². The molecule has 0 spiro atoms. The Morgan fingerprint density at radius 2 is 2.25 bits per heavy atom. The van der Waals surface area contributed by atoms with Gasteiger partial charge in [0.1, 0.15) is 11.6 Å². The largest absolute Gasteiger partial charge is 0.392 e. The molecule has 0 aromatic heterocycles. The Labute approximate surface area is 95.0 Å². The first-order valence-corrected chi connectivity index (χ1v) is 5.48. The summed E-state index contributed by atoms with van der Waals surface area (Å²) in [6, 6.07) is 0. The molecule has 0 aliphatic heterocycles. The van der Waals surface area contributed by atoms with Gasteiger partial charge in [0.05, 0.1) is 12.2 Å². The minimum absolute atomic E-state index is 0.0529. The maximum absolute atomic E-state index is 11.6. The van der Waals surface area contributed by atoms with Gasteiger partial charge in [-0.1, -0.05) is 12.2 Å². The van der Waals surface area contributed by atoms with E-state index in [4.69, 9.17) is 5.11 Å². The van der Waals surface area contributed by atoms with Crippen LogP contribution in [0.2, 0.25) is 0 Å². The van der Waals surface area contributed by atoms with Gasteiger partial charge in [0.25, 0.3) is 0 Å². The number of ketones is 2. The molecule has 16 heavy (non-hydrogen) atoms. The minimum Gasteiger partial charge on any atom is -0.392 e. The third-order valence-corrected chi connectivity index (χ3v) is 2.85. The minimum atomic E-state index is -0.730. The molecular formula is C12H18O4. The molecule has 1 aliphatic rings. The van der Waals surface area contributed by atoms with Crippen molar-refractivity contribution in [2.24, 2.45) is 11.8 Å². The monoisotopic (exact) mass is 226 g/mol. The van der Waals surface area contributed by atoms with Crippen LogP contribution in [0, 0.1) is 11.8 Å². The van der Waals surface area contributed by atoms with Crippen LogP contribution in [0.1, 0.15) is 26.7 Å². The molecule has 0 saturated heterocycles. The summed E-state index contributed by atoms with van der Waals surface area (Å²) in [4.78, 5) is 22.6. The molecule has 1 aliphatic carbocycles. The molecule has 0 radical (unpaired) electrons. The van der Waals surface area contributed by atoms with E-state index in [0.29, 0.717) is 0 Å². The molecule has 0 bridgehead atoms. The predicted octanol–water partition coefficient (Wildman–Crippen LogP) is 0.469. The van der Waals surface area contributed by atoms with Crippen LogP contribution in [0.5, 0.6) is 0 Å². The van der Waals surface area contributed by atoms with E-state index in [2.05, 4.69) is 0 Å². The van der Waals surface area contributed by atoms with Crippen molar-refractivity contribution in [1.29, 1.82) is 0 Å². The molecule has 1 fully saturated rings. The predicted molar refractivity (Wildman–Crippen MR) is 58.7 cm³/mol.